The molecule has 0 aromatic heterocycles. The van der Waals surface area contributed by atoms with Crippen LogP contribution in [0.1, 0.15) is 38.7 Å². The summed E-state index contributed by atoms with van der Waals surface area (Å²) in [6, 6.07) is 7.93. The first-order valence-corrected chi connectivity index (χ1v) is 7.94. The fourth-order valence-electron chi connectivity index (χ4n) is 2.37. The van der Waals surface area contributed by atoms with Crippen molar-refractivity contribution < 1.29 is 0 Å². The molecule has 102 valence electrons. The van der Waals surface area contributed by atoms with Crippen LogP contribution in [0, 0.1) is 5.92 Å². The van der Waals surface area contributed by atoms with Gasteiger partial charge in [-0.3, -0.25) is 0 Å². The first kappa shape index (κ1) is 16.1. The summed E-state index contributed by atoms with van der Waals surface area (Å²) >= 11 is 18.6. The molecule has 0 heterocycles. The Labute approximate surface area is 126 Å². The van der Waals surface area contributed by atoms with Crippen molar-refractivity contribution in [2.45, 2.75) is 38.5 Å². The summed E-state index contributed by atoms with van der Waals surface area (Å²) in [7, 11) is 0. The van der Waals surface area contributed by atoms with E-state index in [2.05, 4.69) is 19.9 Å². The van der Waals surface area contributed by atoms with Crippen LogP contribution in [0.15, 0.2) is 24.3 Å². The van der Waals surface area contributed by atoms with E-state index in [0.717, 1.165) is 29.8 Å². The molecule has 0 unspecified atom stereocenters. The third-order valence-electron chi connectivity index (χ3n) is 3.78. The topological polar surface area (TPSA) is 0 Å². The first-order chi connectivity index (χ1) is 8.61. The fraction of sp³-hybridized carbons (Fsp3) is 0.600. The van der Waals surface area contributed by atoms with Gasteiger partial charge in [0.2, 0.25) is 0 Å². The molecule has 0 fully saturated rings. The second kappa shape index (κ2) is 7.62. The Morgan fingerprint density at radius 2 is 1.72 bits per heavy atom. The molecule has 0 N–H and O–H groups in total. The summed E-state index contributed by atoms with van der Waals surface area (Å²) in [4.78, 5) is 0. The molecule has 18 heavy (non-hydrogen) atoms. The maximum atomic E-state index is 6.24. The molecular formula is C15H21Cl3. The lowest BCUT2D eigenvalue weighted by molar-refractivity contribution is 0.349. The zero-order valence-corrected chi connectivity index (χ0v) is 13.3. The van der Waals surface area contributed by atoms with E-state index in [1.54, 1.807) is 0 Å². The van der Waals surface area contributed by atoms with Gasteiger partial charge in [0.15, 0.2) is 0 Å². The molecule has 0 aliphatic carbocycles. The van der Waals surface area contributed by atoms with Gasteiger partial charge in [-0.25, -0.2) is 0 Å². The molecule has 0 saturated heterocycles. The van der Waals surface area contributed by atoms with Crippen LogP contribution in [-0.4, -0.2) is 11.8 Å². The summed E-state index contributed by atoms with van der Waals surface area (Å²) < 4.78 is 0. The second-order valence-electron chi connectivity index (χ2n) is 4.94. The van der Waals surface area contributed by atoms with Crippen molar-refractivity contribution in [3.63, 3.8) is 0 Å². The Balaban J connectivity index is 3.06. The Morgan fingerprint density at radius 1 is 1.11 bits per heavy atom. The number of halogens is 3. The molecule has 0 bridgehead atoms. The van der Waals surface area contributed by atoms with Gasteiger partial charge in [-0.05, 0) is 30.0 Å². The van der Waals surface area contributed by atoms with Crippen LogP contribution in [-0.2, 0) is 5.41 Å². The molecule has 0 spiro atoms. The Morgan fingerprint density at radius 3 is 2.17 bits per heavy atom. The molecular weight excluding hydrogens is 287 g/mol. The van der Waals surface area contributed by atoms with E-state index in [0.29, 0.717) is 17.7 Å². The molecule has 3 heteroatoms. The number of hydrogen-bond donors (Lipinski definition) is 0. The number of hydrogen-bond acceptors (Lipinski definition) is 0. The van der Waals surface area contributed by atoms with Crippen LogP contribution >= 0.6 is 34.8 Å². The molecule has 0 atom stereocenters. The van der Waals surface area contributed by atoms with Crippen LogP contribution in [0.25, 0.3) is 0 Å². The van der Waals surface area contributed by atoms with Gasteiger partial charge in [0.1, 0.15) is 0 Å². The minimum absolute atomic E-state index is 0.162. The lowest BCUT2D eigenvalue weighted by Gasteiger charge is -2.33. The van der Waals surface area contributed by atoms with E-state index in [1.807, 2.05) is 18.2 Å². The predicted molar refractivity (Wildman–Crippen MR) is 83.3 cm³/mol. The van der Waals surface area contributed by atoms with Gasteiger partial charge in [0, 0.05) is 22.2 Å². The standard InChI is InChI=1S/C15H21Cl3/c1-3-12(4-2)9-15(10-16,11-17)13-6-5-7-14(18)8-13/h5-8,12H,3-4,9-11H2,1-2H3. The molecule has 1 rings (SSSR count). The summed E-state index contributed by atoms with van der Waals surface area (Å²) in [5.41, 5.74) is 0.997. The van der Waals surface area contributed by atoms with Gasteiger partial charge in [0.05, 0.1) is 0 Å². The van der Waals surface area contributed by atoms with E-state index < -0.39 is 0 Å². The Bertz CT molecular complexity index is 355. The van der Waals surface area contributed by atoms with Crippen LogP contribution < -0.4 is 0 Å². The normalized spacial score (nSPS) is 12.1. The molecule has 0 amide bonds. The monoisotopic (exact) mass is 306 g/mol. The average Bonchev–Trinajstić information content (AvgIpc) is 2.41. The van der Waals surface area contributed by atoms with Gasteiger partial charge < -0.3 is 0 Å². The molecule has 1 aromatic rings. The zero-order valence-electron chi connectivity index (χ0n) is 11.1. The minimum atomic E-state index is -0.162. The number of rotatable bonds is 7. The summed E-state index contributed by atoms with van der Waals surface area (Å²) in [5.74, 6) is 1.72. The lowest BCUT2D eigenvalue weighted by Crippen LogP contribution is -2.33. The Kier molecular flexibility index (Phi) is 6.84. The maximum Gasteiger partial charge on any atom is 0.0408 e. The highest BCUT2D eigenvalue weighted by atomic mass is 35.5. The smallest absolute Gasteiger partial charge is 0.0408 e. The highest BCUT2D eigenvalue weighted by Crippen LogP contribution is 2.37. The van der Waals surface area contributed by atoms with Gasteiger partial charge in [0.25, 0.3) is 0 Å². The molecule has 0 saturated carbocycles. The van der Waals surface area contributed by atoms with Crippen LogP contribution in [0.2, 0.25) is 5.02 Å². The Hall–Kier alpha value is 0.0900. The van der Waals surface area contributed by atoms with Gasteiger partial charge >= 0.3 is 0 Å². The predicted octanol–water partition coefficient (Wildman–Crippen LogP) is 5.88. The second-order valence-corrected chi connectivity index (χ2v) is 5.92. The summed E-state index contributed by atoms with van der Waals surface area (Å²) in [6.07, 6.45) is 3.34. The fourth-order valence-corrected chi connectivity index (χ4v) is 3.37. The van der Waals surface area contributed by atoms with Crippen molar-refractivity contribution in [2.75, 3.05) is 11.8 Å². The van der Waals surface area contributed by atoms with E-state index >= 15 is 0 Å². The van der Waals surface area contributed by atoms with Crippen molar-refractivity contribution in [1.29, 1.82) is 0 Å². The van der Waals surface area contributed by atoms with Crippen molar-refractivity contribution in [1.82, 2.24) is 0 Å². The van der Waals surface area contributed by atoms with Crippen molar-refractivity contribution in [3.8, 4) is 0 Å². The average molecular weight is 308 g/mol. The summed E-state index contributed by atoms with van der Waals surface area (Å²) in [6.45, 7) is 4.44. The lowest BCUT2D eigenvalue weighted by atomic mass is 9.75. The number of alkyl halides is 2. The molecule has 0 radical (unpaired) electrons. The van der Waals surface area contributed by atoms with E-state index in [1.165, 1.54) is 0 Å². The van der Waals surface area contributed by atoms with E-state index in [-0.39, 0.29) is 5.41 Å². The SMILES string of the molecule is CCC(CC)CC(CCl)(CCl)c1cccc(Cl)c1. The quantitative estimate of drug-likeness (QED) is 0.552. The van der Waals surface area contributed by atoms with E-state index in [9.17, 15) is 0 Å². The summed E-state index contributed by atoms with van der Waals surface area (Å²) in [5, 5.41) is 0.747. The first-order valence-electron chi connectivity index (χ1n) is 6.49. The van der Waals surface area contributed by atoms with Crippen molar-refractivity contribution in [3.05, 3.63) is 34.9 Å². The van der Waals surface area contributed by atoms with E-state index in [4.69, 9.17) is 34.8 Å². The molecule has 0 aliphatic rings. The third kappa shape index (κ3) is 3.79. The van der Waals surface area contributed by atoms with Crippen LogP contribution in [0.3, 0.4) is 0 Å². The highest BCUT2D eigenvalue weighted by Gasteiger charge is 2.32. The zero-order chi connectivity index (χ0) is 13.6. The number of benzene rings is 1. The van der Waals surface area contributed by atoms with Crippen LogP contribution in [0.5, 0.6) is 0 Å². The third-order valence-corrected chi connectivity index (χ3v) is 5.04. The largest absolute Gasteiger partial charge is 0.126 e. The van der Waals surface area contributed by atoms with Gasteiger partial charge in [-0.15, -0.1) is 23.2 Å². The van der Waals surface area contributed by atoms with Crippen molar-refractivity contribution >= 4 is 34.8 Å². The van der Waals surface area contributed by atoms with Crippen LogP contribution in [0.4, 0.5) is 0 Å². The molecule has 0 nitrogen and oxygen atoms in total. The maximum absolute atomic E-state index is 6.24. The molecule has 1 aromatic carbocycles. The highest BCUT2D eigenvalue weighted by molar-refractivity contribution is 6.30. The van der Waals surface area contributed by atoms with Gasteiger partial charge in [-0.2, -0.15) is 0 Å². The van der Waals surface area contributed by atoms with Gasteiger partial charge in [-0.1, -0.05) is 50.4 Å². The minimum Gasteiger partial charge on any atom is -0.126 e. The van der Waals surface area contributed by atoms with Crippen molar-refractivity contribution in [2.24, 2.45) is 5.92 Å². The molecule has 0 aliphatic heterocycles.